The summed E-state index contributed by atoms with van der Waals surface area (Å²) in [5, 5.41) is 42.7. The van der Waals surface area contributed by atoms with Gasteiger partial charge in [0.25, 0.3) is 0 Å². The van der Waals surface area contributed by atoms with Gasteiger partial charge in [-0.1, -0.05) is 36.4 Å². The number of fused-ring (bicyclic) bond motifs is 1. The molecule has 9 nitrogen and oxygen atoms in total. The van der Waals surface area contributed by atoms with Crippen LogP contribution in [0.15, 0.2) is 23.4 Å². The van der Waals surface area contributed by atoms with Crippen molar-refractivity contribution in [3.05, 3.63) is 35.4 Å². The van der Waals surface area contributed by atoms with Crippen molar-refractivity contribution in [2.45, 2.75) is 74.1 Å². The summed E-state index contributed by atoms with van der Waals surface area (Å²) in [6.07, 6.45) is -0.682. The number of unbranched alkanes of at least 4 members (excludes halogenated alkanes) is 1. The van der Waals surface area contributed by atoms with Crippen molar-refractivity contribution in [3.8, 4) is 0 Å². The normalized spacial score (nSPS) is 28.5. The van der Waals surface area contributed by atoms with Gasteiger partial charge in [-0.05, 0) is 30.5 Å². The molecule has 5 rings (SSSR count). The fraction of sp³-hybridized carbons (Fsp3) is 0.545. The SMILES string of the molecule is CCCCSc1nc(NC2CC2c2ccc(F)c(F)c2)c2nnn([C@@H]3C[C@H](O)[C@H](O)[C@H]3O)c2n1. The van der Waals surface area contributed by atoms with Gasteiger partial charge >= 0.3 is 0 Å². The monoisotopic (exact) mass is 492 g/mol. The van der Waals surface area contributed by atoms with E-state index in [4.69, 9.17) is 0 Å². The number of rotatable bonds is 8. The van der Waals surface area contributed by atoms with Crippen LogP contribution in [0.5, 0.6) is 0 Å². The van der Waals surface area contributed by atoms with Crippen LogP contribution in [0.25, 0.3) is 11.2 Å². The van der Waals surface area contributed by atoms with Crippen LogP contribution >= 0.6 is 11.8 Å². The van der Waals surface area contributed by atoms with E-state index in [-0.39, 0.29) is 18.4 Å². The molecule has 3 aromatic rings. The molecule has 2 unspecified atom stereocenters. The fourth-order valence-corrected chi connectivity index (χ4v) is 5.30. The van der Waals surface area contributed by atoms with Crippen LogP contribution in [-0.4, -0.2) is 70.4 Å². The first-order valence-corrected chi connectivity index (χ1v) is 12.4. The number of nitrogens with one attached hydrogen (secondary N) is 1. The Labute approximate surface area is 198 Å². The van der Waals surface area contributed by atoms with E-state index in [2.05, 4.69) is 32.5 Å². The zero-order chi connectivity index (χ0) is 24.0. The second kappa shape index (κ2) is 9.33. The third kappa shape index (κ3) is 4.35. The maximum absolute atomic E-state index is 13.7. The van der Waals surface area contributed by atoms with Crippen molar-refractivity contribution >= 4 is 28.7 Å². The first-order chi connectivity index (χ1) is 16.4. The van der Waals surface area contributed by atoms with Crippen molar-refractivity contribution < 1.29 is 24.1 Å². The van der Waals surface area contributed by atoms with E-state index in [1.165, 1.54) is 22.5 Å². The van der Waals surface area contributed by atoms with E-state index < -0.39 is 36.0 Å². The highest BCUT2D eigenvalue weighted by Crippen LogP contribution is 2.44. The number of benzene rings is 1. The number of halogens is 2. The average molecular weight is 493 g/mol. The van der Waals surface area contributed by atoms with Gasteiger partial charge in [-0.3, -0.25) is 0 Å². The van der Waals surface area contributed by atoms with Crippen LogP contribution in [0.4, 0.5) is 14.6 Å². The van der Waals surface area contributed by atoms with Gasteiger partial charge in [0.1, 0.15) is 12.2 Å². The van der Waals surface area contributed by atoms with Gasteiger partial charge in [0.15, 0.2) is 33.8 Å². The highest BCUT2D eigenvalue weighted by Gasteiger charge is 2.44. The smallest absolute Gasteiger partial charge is 0.191 e. The fourth-order valence-electron chi connectivity index (χ4n) is 4.37. The minimum atomic E-state index is -1.27. The molecule has 0 aliphatic heterocycles. The Morgan fingerprint density at radius 1 is 1.12 bits per heavy atom. The lowest BCUT2D eigenvalue weighted by Gasteiger charge is -2.16. The highest BCUT2D eigenvalue weighted by molar-refractivity contribution is 7.99. The van der Waals surface area contributed by atoms with Crippen LogP contribution < -0.4 is 5.32 Å². The summed E-state index contributed by atoms with van der Waals surface area (Å²) in [5.74, 6) is -0.439. The molecule has 2 fully saturated rings. The molecule has 1 aromatic carbocycles. The van der Waals surface area contributed by atoms with Crippen LogP contribution in [0, 0.1) is 11.6 Å². The molecule has 12 heteroatoms. The highest BCUT2D eigenvalue weighted by atomic mass is 32.2. The summed E-state index contributed by atoms with van der Waals surface area (Å²) in [6.45, 7) is 2.10. The summed E-state index contributed by atoms with van der Waals surface area (Å²) in [4.78, 5) is 9.24. The molecular formula is C22H26F2N6O3S. The van der Waals surface area contributed by atoms with Crippen molar-refractivity contribution in [2.75, 3.05) is 11.1 Å². The number of aliphatic hydroxyl groups is 3. The minimum absolute atomic E-state index is 0.00769. The molecule has 4 N–H and O–H groups in total. The van der Waals surface area contributed by atoms with Gasteiger partial charge in [-0.15, -0.1) is 5.10 Å². The predicted octanol–water partition coefficient (Wildman–Crippen LogP) is 2.39. The van der Waals surface area contributed by atoms with E-state index >= 15 is 0 Å². The summed E-state index contributed by atoms with van der Waals surface area (Å²) >= 11 is 1.50. The molecule has 0 bridgehead atoms. The van der Waals surface area contributed by atoms with E-state index in [0.29, 0.717) is 27.7 Å². The second-order valence-electron chi connectivity index (χ2n) is 8.88. The molecule has 2 aliphatic carbocycles. The number of hydrogen-bond donors (Lipinski definition) is 4. The van der Waals surface area contributed by atoms with Gasteiger partial charge in [-0.2, -0.15) is 0 Å². The molecule has 2 heterocycles. The number of aromatic nitrogens is 5. The number of nitrogens with zero attached hydrogens (tertiary/aromatic N) is 5. The average Bonchev–Trinajstić information content (AvgIpc) is 3.38. The lowest BCUT2D eigenvalue weighted by Crippen LogP contribution is -2.31. The van der Waals surface area contributed by atoms with E-state index in [1.807, 2.05) is 0 Å². The van der Waals surface area contributed by atoms with Crippen LogP contribution in [0.2, 0.25) is 0 Å². The van der Waals surface area contributed by atoms with Crippen LogP contribution in [0.3, 0.4) is 0 Å². The van der Waals surface area contributed by atoms with E-state index in [1.54, 1.807) is 6.07 Å². The topological polar surface area (TPSA) is 129 Å². The number of hydrogen-bond acceptors (Lipinski definition) is 9. The molecule has 0 radical (unpaired) electrons. The third-order valence-corrected chi connectivity index (χ3v) is 7.39. The molecule has 2 aliphatic rings. The van der Waals surface area contributed by atoms with Gasteiger partial charge < -0.3 is 20.6 Å². The Morgan fingerprint density at radius 3 is 2.65 bits per heavy atom. The lowest BCUT2D eigenvalue weighted by molar-refractivity contribution is -0.0253. The number of aliphatic hydroxyl groups excluding tert-OH is 3. The number of thioether (sulfide) groups is 1. The molecular weight excluding hydrogens is 466 g/mol. The molecule has 0 spiro atoms. The lowest BCUT2D eigenvalue weighted by atomic mass is 10.1. The molecule has 2 saturated carbocycles. The maximum Gasteiger partial charge on any atom is 0.191 e. The first-order valence-electron chi connectivity index (χ1n) is 11.4. The summed E-state index contributed by atoms with van der Waals surface area (Å²) < 4.78 is 28.4. The van der Waals surface area contributed by atoms with Gasteiger partial charge in [0.05, 0.1) is 12.1 Å². The quantitative estimate of drug-likeness (QED) is 0.213. The Hall–Kier alpha value is -2.41. The van der Waals surface area contributed by atoms with Crippen molar-refractivity contribution in [1.82, 2.24) is 25.0 Å². The summed E-state index contributed by atoms with van der Waals surface area (Å²) in [6, 6.07) is 3.22. The Morgan fingerprint density at radius 2 is 1.94 bits per heavy atom. The van der Waals surface area contributed by atoms with Gasteiger partial charge in [0, 0.05) is 24.1 Å². The Kier molecular flexibility index (Phi) is 6.40. The van der Waals surface area contributed by atoms with E-state index in [9.17, 15) is 24.1 Å². The zero-order valence-electron chi connectivity index (χ0n) is 18.5. The van der Waals surface area contributed by atoms with Gasteiger partial charge in [0.2, 0.25) is 0 Å². The molecule has 6 atom stereocenters. The minimum Gasteiger partial charge on any atom is -0.390 e. The first kappa shape index (κ1) is 23.3. The van der Waals surface area contributed by atoms with Crippen molar-refractivity contribution in [1.29, 1.82) is 0 Å². The van der Waals surface area contributed by atoms with E-state index in [0.717, 1.165) is 31.1 Å². The third-order valence-electron chi connectivity index (χ3n) is 6.45. The molecule has 0 amide bonds. The zero-order valence-corrected chi connectivity index (χ0v) is 19.3. The summed E-state index contributed by atoms with van der Waals surface area (Å²) in [5.41, 5.74) is 1.51. The van der Waals surface area contributed by atoms with Crippen LogP contribution in [-0.2, 0) is 0 Å². The molecule has 2 aromatic heterocycles. The summed E-state index contributed by atoms with van der Waals surface area (Å²) in [7, 11) is 0. The largest absolute Gasteiger partial charge is 0.390 e. The Balaban J connectivity index is 1.44. The Bertz CT molecular complexity index is 1200. The van der Waals surface area contributed by atoms with Crippen molar-refractivity contribution in [3.63, 3.8) is 0 Å². The molecule has 0 saturated heterocycles. The standard InChI is InChI=1S/C22H26F2N6O3S/c1-2-3-6-34-22-26-20(25-14-8-11(14)10-4-5-12(23)13(24)7-10)17-21(27-22)30(29-28-17)15-9-16(31)19(33)18(15)32/h4-5,7,11,14-16,18-19,31-33H,2-3,6,8-9H2,1H3,(H,25,26,27)/t11?,14?,15-,16+,18+,19+/m1/s1. The maximum atomic E-state index is 13.7. The predicted molar refractivity (Wildman–Crippen MR) is 122 cm³/mol. The van der Waals surface area contributed by atoms with Crippen molar-refractivity contribution in [2.24, 2.45) is 0 Å². The number of anilines is 1. The molecule has 34 heavy (non-hydrogen) atoms. The van der Waals surface area contributed by atoms with Gasteiger partial charge in [-0.25, -0.2) is 23.4 Å². The second-order valence-corrected chi connectivity index (χ2v) is 9.94. The van der Waals surface area contributed by atoms with Crippen LogP contribution in [0.1, 0.15) is 50.1 Å². The molecule has 182 valence electrons.